The molecule has 25 heavy (non-hydrogen) atoms. The topological polar surface area (TPSA) is 89.3 Å². The average molecular weight is 379 g/mol. The molecule has 3 rings (SSSR count). The van der Waals surface area contributed by atoms with Gasteiger partial charge in [0.15, 0.2) is 0 Å². The lowest BCUT2D eigenvalue weighted by Gasteiger charge is -2.16. The molecule has 0 radical (unpaired) electrons. The Morgan fingerprint density at radius 2 is 1.60 bits per heavy atom. The predicted octanol–water partition coefficient (Wildman–Crippen LogP) is 2.48. The lowest BCUT2D eigenvalue weighted by molar-refractivity contribution is -0.123. The zero-order chi connectivity index (χ0) is 18.1. The van der Waals surface area contributed by atoms with Gasteiger partial charge in [0.05, 0.1) is 11.2 Å². The Morgan fingerprint density at radius 3 is 2.12 bits per heavy atom. The van der Waals surface area contributed by atoms with Crippen molar-refractivity contribution in [3.63, 3.8) is 0 Å². The molecule has 2 aromatic rings. The van der Waals surface area contributed by atoms with E-state index in [0.29, 0.717) is 17.1 Å². The molecule has 0 aliphatic heterocycles. The largest absolute Gasteiger partial charge is 0.351 e. The van der Waals surface area contributed by atoms with Crippen molar-refractivity contribution in [2.75, 3.05) is 0 Å². The van der Waals surface area contributed by atoms with Gasteiger partial charge in [-0.2, -0.15) is 0 Å². The lowest BCUT2D eigenvalue weighted by Crippen LogP contribution is -2.34. The molecule has 5 nitrogen and oxygen atoms in total. The van der Waals surface area contributed by atoms with E-state index in [2.05, 4.69) is 5.32 Å². The van der Waals surface area contributed by atoms with Crippen molar-refractivity contribution in [2.45, 2.75) is 30.6 Å². The maximum atomic E-state index is 12.6. The van der Waals surface area contributed by atoms with Crippen molar-refractivity contribution in [3.05, 3.63) is 70.2 Å². The third-order valence-corrected chi connectivity index (χ3v) is 5.41. The molecule has 132 valence electrons. The maximum Gasteiger partial charge on any atom is 0.230 e. The minimum absolute atomic E-state index is 0.00318. The van der Waals surface area contributed by atoms with Crippen LogP contribution in [0.3, 0.4) is 0 Å². The molecule has 1 saturated carbocycles. The molecule has 1 aliphatic rings. The Morgan fingerprint density at radius 1 is 1.04 bits per heavy atom. The fourth-order valence-corrected chi connectivity index (χ4v) is 3.66. The number of primary sulfonamides is 1. The molecular weight excluding hydrogens is 360 g/mol. The number of hydrogen-bond acceptors (Lipinski definition) is 3. The van der Waals surface area contributed by atoms with Crippen LogP contribution in [0.2, 0.25) is 5.02 Å². The van der Waals surface area contributed by atoms with Gasteiger partial charge in [-0.05, 0) is 41.7 Å². The number of carbonyl (C=O) groups is 1. The summed E-state index contributed by atoms with van der Waals surface area (Å²) in [4.78, 5) is 12.6. The third-order valence-electron chi connectivity index (χ3n) is 4.43. The van der Waals surface area contributed by atoms with Crippen LogP contribution in [0.1, 0.15) is 29.5 Å². The van der Waals surface area contributed by atoms with Crippen LogP contribution in [0.15, 0.2) is 48.5 Å². The summed E-state index contributed by atoms with van der Waals surface area (Å²) < 4.78 is 22.2. The Labute approximate surface area is 152 Å². The van der Waals surface area contributed by atoms with Gasteiger partial charge in [0.2, 0.25) is 15.9 Å². The molecule has 3 N–H and O–H groups in total. The molecule has 1 amide bonds. The van der Waals surface area contributed by atoms with E-state index >= 15 is 0 Å². The number of hydrogen-bond donors (Lipinski definition) is 2. The summed E-state index contributed by atoms with van der Waals surface area (Å²) in [5, 5.41) is 8.65. The summed E-state index contributed by atoms with van der Waals surface area (Å²) >= 11 is 5.91. The molecule has 0 bridgehead atoms. The molecule has 0 heterocycles. The zero-order valence-electron chi connectivity index (χ0n) is 13.5. The highest BCUT2D eigenvalue weighted by molar-refractivity contribution is 7.88. The van der Waals surface area contributed by atoms with Gasteiger partial charge in [0, 0.05) is 11.6 Å². The van der Waals surface area contributed by atoms with Crippen LogP contribution in [-0.2, 0) is 32.5 Å². The number of nitrogens with one attached hydrogen (secondary N) is 1. The molecule has 7 heteroatoms. The summed E-state index contributed by atoms with van der Waals surface area (Å²) in [6, 6.07) is 14.4. The van der Waals surface area contributed by atoms with Crippen molar-refractivity contribution < 1.29 is 13.2 Å². The molecule has 1 fully saturated rings. The predicted molar refractivity (Wildman–Crippen MR) is 97.5 cm³/mol. The fraction of sp³-hybridized carbons (Fsp3) is 0.278. The first-order valence-corrected chi connectivity index (χ1v) is 10.0. The first-order valence-electron chi connectivity index (χ1n) is 7.91. The molecule has 0 spiro atoms. The second-order valence-electron chi connectivity index (χ2n) is 6.40. The van der Waals surface area contributed by atoms with Crippen LogP contribution < -0.4 is 10.5 Å². The van der Waals surface area contributed by atoms with Gasteiger partial charge in [0.1, 0.15) is 0 Å². The monoisotopic (exact) mass is 378 g/mol. The highest BCUT2D eigenvalue weighted by Gasteiger charge is 2.50. The van der Waals surface area contributed by atoms with Crippen molar-refractivity contribution >= 4 is 27.5 Å². The number of rotatable bonds is 6. The van der Waals surface area contributed by atoms with Gasteiger partial charge in [-0.3, -0.25) is 4.79 Å². The molecule has 0 unspecified atom stereocenters. The number of sulfonamides is 1. The van der Waals surface area contributed by atoms with Gasteiger partial charge in [-0.1, -0.05) is 48.0 Å². The third kappa shape index (κ3) is 4.39. The first kappa shape index (κ1) is 17.9. The molecule has 2 aromatic carbocycles. The summed E-state index contributed by atoms with van der Waals surface area (Å²) in [6.45, 7) is 0.393. The number of halogens is 1. The van der Waals surface area contributed by atoms with Gasteiger partial charge in [0.25, 0.3) is 0 Å². The van der Waals surface area contributed by atoms with E-state index in [4.69, 9.17) is 16.7 Å². The summed E-state index contributed by atoms with van der Waals surface area (Å²) in [5.74, 6) is -0.192. The van der Waals surface area contributed by atoms with E-state index in [0.717, 1.165) is 24.0 Å². The average Bonchev–Trinajstić information content (AvgIpc) is 3.35. The number of carbonyl (C=O) groups excluding carboxylic acids is 1. The molecular formula is C18H19ClN2O3S. The lowest BCUT2D eigenvalue weighted by atomic mass is 9.95. The minimum atomic E-state index is -3.54. The van der Waals surface area contributed by atoms with Crippen molar-refractivity contribution in [2.24, 2.45) is 5.14 Å². The maximum absolute atomic E-state index is 12.6. The minimum Gasteiger partial charge on any atom is -0.351 e. The fourth-order valence-electron chi connectivity index (χ4n) is 2.88. The van der Waals surface area contributed by atoms with Crippen molar-refractivity contribution in [1.29, 1.82) is 0 Å². The van der Waals surface area contributed by atoms with E-state index in [1.807, 2.05) is 12.1 Å². The summed E-state index contributed by atoms with van der Waals surface area (Å²) in [5.41, 5.74) is 2.06. The Bertz CT molecular complexity index is 874. The van der Waals surface area contributed by atoms with E-state index in [1.165, 1.54) is 0 Å². The van der Waals surface area contributed by atoms with Crippen LogP contribution in [0.25, 0.3) is 0 Å². The quantitative estimate of drug-likeness (QED) is 0.809. The van der Waals surface area contributed by atoms with E-state index < -0.39 is 15.4 Å². The first-order chi connectivity index (χ1) is 11.8. The molecule has 0 atom stereocenters. The van der Waals surface area contributed by atoms with E-state index in [1.54, 1.807) is 36.4 Å². The van der Waals surface area contributed by atoms with Gasteiger partial charge in [-0.15, -0.1) is 0 Å². The molecule has 0 aromatic heterocycles. The number of nitrogens with two attached hydrogens (primary N) is 1. The van der Waals surface area contributed by atoms with Gasteiger partial charge < -0.3 is 5.32 Å². The Balaban J connectivity index is 1.62. The van der Waals surface area contributed by atoms with E-state index in [-0.39, 0.29) is 11.7 Å². The van der Waals surface area contributed by atoms with Crippen molar-refractivity contribution in [3.8, 4) is 0 Å². The normalized spacial score (nSPS) is 15.6. The highest BCUT2D eigenvalue weighted by atomic mass is 35.5. The standard InChI is InChI=1S/C18H19ClN2O3S/c19-16-7-5-15(6-8-16)18(9-10-18)17(22)21-11-13-1-3-14(4-2-13)12-25(20,23)24/h1-8H,9-12H2,(H,21,22)(H2,20,23,24). The van der Waals surface area contributed by atoms with Crippen LogP contribution in [0.4, 0.5) is 0 Å². The smallest absolute Gasteiger partial charge is 0.230 e. The number of benzene rings is 2. The van der Waals surface area contributed by atoms with Crippen molar-refractivity contribution in [1.82, 2.24) is 5.32 Å². The van der Waals surface area contributed by atoms with Crippen LogP contribution in [0.5, 0.6) is 0 Å². The second kappa shape index (κ2) is 6.78. The van der Waals surface area contributed by atoms with Crippen LogP contribution >= 0.6 is 11.6 Å². The highest BCUT2D eigenvalue weighted by Crippen LogP contribution is 2.48. The Hall–Kier alpha value is -1.89. The summed E-state index contributed by atoms with van der Waals surface area (Å²) in [7, 11) is -3.54. The number of amides is 1. The molecule has 1 aliphatic carbocycles. The summed E-state index contributed by atoms with van der Waals surface area (Å²) in [6.07, 6.45) is 1.65. The molecule has 0 saturated heterocycles. The van der Waals surface area contributed by atoms with Gasteiger partial charge >= 0.3 is 0 Å². The van der Waals surface area contributed by atoms with Gasteiger partial charge in [-0.25, -0.2) is 13.6 Å². The Kier molecular flexibility index (Phi) is 4.86. The van der Waals surface area contributed by atoms with Crippen LogP contribution in [0, 0.1) is 0 Å². The van der Waals surface area contributed by atoms with Crippen LogP contribution in [-0.4, -0.2) is 14.3 Å². The second-order valence-corrected chi connectivity index (χ2v) is 8.45. The zero-order valence-corrected chi connectivity index (χ0v) is 15.1. The SMILES string of the molecule is NS(=O)(=O)Cc1ccc(CNC(=O)C2(c3ccc(Cl)cc3)CC2)cc1. The van der Waals surface area contributed by atoms with E-state index in [9.17, 15) is 13.2 Å².